The molecule has 0 fully saturated rings. The number of rotatable bonds is 3. The highest BCUT2D eigenvalue weighted by atomic mass is 35.5. The number of nitrogens with zero attached hydrogens (tertiary/aromatic N) is 2. The van der Waals surface area contributed by atoms with E-state index in [-0.39, 0.29) is 16.6 Å². The topological polar surface area (TPSA) is 54.9 Å². The molecular formula is C29H28Cl2N2O2. The van der Waals surface area contributed by atoms with E-state index in [0.29, 0.717) is 49.5 Å². The molecule has 0 unspecified atom stereocenters. The Kier molecular flexibility index (Phi) is 6.65. The highest BCUT2D eigenvalue weighted by molar-refractivity contribution is 6.37. The Morgan fingerprint density at radius 2 is 1.49 bits per heavy atom. The Morgan fingerprint density at radius 3 is 2.06 bits per heavy atom. The molecule has 0 bridgehead atoms. The fourth-order valence-corrected chi connectivity index (χ4v) is 4.40. The second-order valence-electron chi connectivity index (χ2n) is 10.7. The molecule has 2 aromatic carbocycles. The number of hydrogen-bond acceptors (Lipinski definition) is 4. The third kappa shape index (κ3) is 5.19. The molecule has 0 N–H and O–H groups in total. The molecule has 1 aliphatic rings. The summed E-state index contributed by atoms with van der Waals surface area (Å²) in [5.41, 5.74) is 3.05. The first-order valence-corrected chi connectivity index (χ1v) is 12.2. The average Bonchev–Trinajstić information content (AvgIpc) is 3.09. The second-order valence-corrected chi connectivity index (χ2v) is 11.5. The van der Waals surface area contributed by atoms with Crippen molar-refractivity contribution in [2.24, 2.45) is 21.1 Å². The lowest BCUT2D eigenvalue weighted by Crippen LogP contribution is -2.28. The number of allylic oxidation sites excluding steroid dienone is 5. The predicted molar refractivity (Wildman–Crippen MR) is 144 cm³/mol. The van der Waals surface area contributed by atoms with Gasteiger partial charge in [0.25, 0.3) is 0 Å². The van der Waals surface area contributed by atoms with E-state index in [1.165, 1.54) is 0 Å². The summed E-state index contributed by atoms with van der Waals surface area (Å²) in [5, 5.41) is 10.8. The average molecular weight is 507 g/mol. The Balaban J connectivity index is 2.04. The summed E-state index contributed by atoms with van der Waals surface area (Å²) in [7, 11) is 0. The van der Waals surface area contributed by atoms with Gasteiger partial charge in [-0.2, -0.15) is 5.11 Å². The maximum atomic E-state index is 13.5. The molecule has 1 aromatic heterocycles. The summed E-state index contributed by atoms with van der Waals surface area (Å²) in [6.07, 6.45) is 3.76. The summed E-state index contributed by atoms with van der Waals surface area (Å²) in [6.45, 7) is 12.2. The molecule has 0 aliphatic heterocycles. The van der Waals surface area contributed by atoms with Crippen molar-refractivity contribution in [2.75, 3.05) is 0 Å². The summed E-state index contributed by atoms with van der Waals surface area (Å²) in [6, 6.07) is 14.7. The van der Waals surface area contributed by atoms with Crippen LogP contribution in [0.4, 0.5) is 5.69 Å². The zero-order valence-electron chi connectivity index (χ0n) is 20.7. The van der Waals surface area contributed by atoms with Gasteiger partial charge in [0.15, 0.2) is 11.5 Å². The van der Waals surface area contributed by atoms with E-state index >= 15 is 0 Å². The minimum absolute atomic E-state index is 0.0376. The third-order valence-corrected chi connectivity index (χ3v) is 6.41. The van der Waals surface area contributed by atoms with Gasteiger partial charge in [0.1, 0.15) is 11.3 Å². The van der Waals surface area contributed by atoms with E-state index in [4.69, 9.17) is 27.6 Å². The van der Waals surface area contributed by atoms with Crippen LogP contribution in [0, 0.1) is 10.8 Å². The predicted octanol–water partition coefficient (Wildman–Crippen LogP) is 9.76. The zero-order chi connectivity index (χ0) is 25.5. The van der Waals surface area contributed by atoms with Gasteiger partial charge in [-0.15, -0.1) is 5.11 Å². The molecule has 4 nitrogen and oxygen atoms in total. The first-order chi connectivity index (χ1) is 16.4. The number of hydrogen-bond donors (Lipinski definition) is 0. The number of furan rings is 1. The van der Waals surface area contributed by atoms with Crippen molar-refractivity contribution in [3.8, 4) is 0 Å². The highest BCUT2D eigenvalue weighted by Crippen LogP contribution is 2.43. The van der Waals surface area contributed by atoms with Gasteiger partial charge in [-0.3, -0.25) is 4.79 Å². The minimum Gasteiger partial charge on any atom is -0.453 e. The van der Waals surface area contributed by atoms with Crippen molar-refractivity contribution in [2.45, 2.75) is 41.5 Å². The van der Waals surface area contributed by atoms with Crippen molar-refractivity contribution in [1.29, 1.82) is 0 Å². The molecule has 0 atom stereocenters. The van der Waals surface area contributed by atoms with E-state index in [1.54, 1.807) is 12.1 Å². The van der Waals surface area contributed by atoms with Gasteiger partial charge >= 0.3 is 0 Å². The van der Waals surface area contributed by atoms with Crippen LogP contribution in [-0.2, 0) is 4.79 Å². The number of para-hydroxylation sites is 1. The third-order valence-electron chi connectivity index (χ3n) is 5.80. The van der Waals surface area contributed by atoms with Crippen LogP contribution >= 0.6 is 23.2 Å². The number of benzene rings is 2. The first-order valence-electron chi connectivity index (χ1n) is 11.4. The van der Waals surface area contributed by atoms with Crippen molar-refractivity contribution in [1.82, 2.24) is 0 Å². The van der Waals surface area contributed by atoms with Crippen molar-refractivity contribution in [3.63, 3.8) is 0 Å². The van der Waals surface area contributed by atoms with Crippen LogP contribution in [0.2, 0.25) is 10.0 Å². The van der Waals surface area contributed by atoms with Crippen molar-refractivity contribution in [3.05, 3.63) is 93.2 Å². The molecule has 0 saturated heterocycles. The molecule has 0 amide bonds. The van der Waals surface area contributed by atoms with E-state index < -0.39 is 0 Å². The molecule has 1 heterocycles. The van der Waals surface area contributed by atoms with Gasteiger partial charge in [0.2, 0.25) is 0 Å². The number of Topliss-reactive ketones (excluding diaryl/α,β-unsaturated/α-hetero) is 1. The summed E-state index contributed by atoms with van der Waals surface area (Å²) >= 11 is 12.9. The Bertz CT molecular complexity index is 1410. The number of azo groups is 1. The van der Waals surface area contributed by atoms with Gasteiger partial charge in [-0.1, -0.05) is 82.9 Å². The number of carbonyl (C=O) groups excluding carboxylic acids is 1. The summed E-state index contributed by atoms with van der Waals surface area (Å²) in [4.78, 5) is 13.5. The normalized spacial score (nSPS) is 15.1. The lowest BCUT2D eigenvalue weighted by atomic mass is 9.71. The van der Waals surface area contributed by atoms with Gasteiger partial charge in [0.05, 0.1) is 10.7 Å². The van der Waals surface area contributed by atoms with Crippen molar-refractivity contribution < 1.29 is 9.21 Å². The summed E-state index contributed by atoms with van der Waals surface area (Å²) in [5.74, 6) is 0.438. The number of halogens is 2. The molecule has 1 aliphatic carbocycles. The standard InChI is InChI=1S/C29H28Cl2N2O2/c1-28(2,3)21-14-17(15-22(26(21)34)29(4,5)6)25(33-32-19-11-9-10-18(30)16-19)27-24(31)20-12-7-8-13-23(20)35-27/h7-16H,1-6H3. The molecule has 0 saturated carbocycles. The van der Waals surface area contributed by atoms with E-state index in [1.807, 2.05) is 90.1 Å². The maximum absolute atomic E-state index is 13.5. The molecular weight excluding hydrogens is 479 g/mol. The van der Waals surface area contributed by atoms with Gasteiger partial charge in [0, 0.05) is 27.1 Å². The van der Waals surface area contributed by atoms with Crippen molar-refractivity contribution >= 4 is 51.3 Å². The molecule has 4 rings (SSSR count). The highest BCUT2D eigenvalue weighted by Gasteiger charge is 2.35. The largest absolute Gasteiger partial charge is 0.453 e. The van der Waals surface area contributed by atoms with Gasteiger partial charge < -0.3 is 4.42 Å². The Hall–Kier alpha value is -2.95. The number of fused-ring (bicyclic) bond motifs is 1. The monoisotopic (exact) mass is 506 g/mol. The van der Waals surface area contributed by atoms with Crippen LogP contribution in [0.1, 0.15) is 47.3 Å². The number of carbonyl (C=O) groups is 1. The quantitative estimate of drug-likeness (QED) is 0.331. The van der Waals surface area contributed by atoms with E-state index in [9.17, 15) is 4.79 Å². The molecule has 6 heteroatoms. The maximum Gasteiger partial charge on any atom is 0.186 e. The second kappa shape index (κ2) is 9.25. The fraction of sp³-hybridized carbons (Fsp3) is 0.276. The Labute approximate surface area is 216 Å². The van der Waals surface area contributed by atoms with Crippen LogP contribution in [0.5, 0.6) is 0 Å². The zero-order valence-corrected chi connectivity index (χ0v) is 22.3. The van der Waals surface area contributed by atoms with E-state index in [0.717, 1.165) is 5.39 Å². The van der Waals surface area contributed by atoms with E-state index in [2.05, 4.69) is 10.2 Å². The molecule has 3 aromatic rings. The number of ketones is 1. The van der Waals surface area contributed by atoms with Crippen LogP contribution in [0.25, 0.3) is 16.7 Å². The van der Waals surface area contributed by atoms with Crippen LogP contribution in [0.15, 0.2) is 92.0 Å². The van der Waals surface area contributed by atoms with Crippen LogP contribution in [0.3, 0.4) is 0 Å². The SMILES string of the molecule is CC(C)(C)C1=CC(=C(N=Nc2cccc(Cl)c2)c2oc3ccccc3c2Cl)C=C(C(C)(C)C)C1=O. The van der Waals surface area contributed by atoms with Gasteiger partial charge in [-0.25, -0.2) is 0 Å². The van der Waals surface area contributed by atoms with Gasteiger partial charge in [-0.05, 0) is 53.3 Å². The Morgan fingerprint density at radius 1 is 0.857 bits per heavy atom. The smallest absolute Gasteiger partial charge is 0.186 e. The lowest BCUT2D eigenvalue weighted by molar-refractivity contribution is -0.114. The summed E-state index contributed by atoms with van der Waals surface area (Å²) < 4.78 is 6.18. The lowest BCUT2D eigenvalue weighted by Gasteiger charge is -2.31. The van der Waals surface area contributed by atoms with Crippen LogP contribution < -0.4 is 0 Å². The molecule has 35 heavy (non-hydrogen) atoms. The molecule has 0 spiro atoms. The fourth-order valence-electron chi connectivity index (χ4n) is 3.93. The minimum atomic E-state index is -0.375. The molecule has 180 valence electrons. The van der Waals surface area contributed by atoms with Crippen LogP contribution in [-0.4, -0.2) is 5.78 Å². The first kappa shape index (κ1) is 25.2. The molecule has 0 radical (unpaired) electrons.